The van der Waals surface area contributed by atoms with Gasteiger partial charge in [0.05, 0.1) is 24.5 Å². The summed E-state index contributed by atoms with van der Waals surface area (Å²) in [5, 5.41) is 5.63. The molecule has 1 unspecified atom stereocenters. The third kappa shape index (κ3) is 7.81. The first-order chi connectivity index (χ1) is 19.7. The summed E-state index contributed by atoms with van der Waals surface area (Å²) in [5.41, 5.74) is 2.50. The van der Waals surface area contributed by atoms with Gasteiger partial charge in [0.1, 0.15) is 18.0 Å². The number of ether oxygens (including phenoxy) is 1. The molecule has 2 saturated heterocycles. The van der Waals surface area contributed by atoms with Gasteiger partial charge in [-0.25, -0.2) is 9.18 Å². The van der Waals surface area contributed by atoms with Gasteiger partial charge in [0.2, 0.25) is 11.8 Å². The predicted octanol–water partition coefficient (Wildman–Crippen LogP) is 3.99. The summed E-state index contributed by atoms with van der Waals surface area (Å²) in [6, 6.07) is 11.6. The molecular weight excluding hydrogens is 529 g/mol. The molecule has 2 aliphatic rings. The van der Waals surface area contributed by atoms with Gasteiger partial charge >= 0.3 is 6.09 Å². The number of nitroso groups, excluding NO2 is 1. The molecule has 4 rings (SSSR count). The van der Waals surface area contributed by atoms with Crippen molar-refractivity contribution in [2.45, 2.75) is 45.3 Å². The second-order valence-corrected chi connectivity index (χ2v) is 10.1. The van der Waals surface area contributed by atoms with Crippen molar-refractivity contribution in [1.29, 1.82) is 0 Å². The van der Waals surface area contributed by atoms with Crippen molar-refractivity contribution in [2.24, 2.45) is 5.18 Å². The highest BCUT2D eigenvalue weighted by Crippen LogP contribution is 2.28. The zero-order valence-corrected chi connectivity index (χ0v) is 23.3. The number of piperazine rings is 1. The Labute approximate surface area is 238 Å². The van der Waals surface area contributed by atoms with Gasteiger partial charge in [0, 0.05) is 51.5 Å². The lowest BCUT2D eigenvalue weighted by Gasteiger charge is -2.36. The monoisotopic (exact) mass is 563 g/mol. The van der Waals surface area contributed by atoms with Crippen LogP contribution < -0.4 is 15.1 Å². The molecule has 2 aromatic carbocycles. The molecule has 3 amide bonds. The van der Waals surface area contributed by atoms with Crippen LogP contribution in [0, 0.1) is 22.6 Å². The fourth-order valence-electron chi connectivity index (χ4n) is 4.77. The molecule has 2 heterocycles. The molecule has 2 fully saturated rings. The SMILES string of the molecule is CC(=O)NC[C@H]1CN(c2ccc(N3CCN(C(=O)CCCC#Cc4ccc(C(C)N=O)cc4)CC3)c(F)c2)C(=O)O1. The van der Waals surface area contributed by atoms with Crippen molar-refractivity contribution >= 4 is 29.3 Å². The van der Waals surface area contributed by atoms with Crippen LogP contribution >= 0.6 is 0 Å². The number of nitrogens with one attached hydrogen (secondary N) is 1. The lowest BCUT2D eigenvalue weighted by Crippen LogP contribution is -2.49. The number of hydrogen-bond acceptors (Lipinski definition) is 7. The van der Waals surface area contributed by atoms with E-state index in [4.69, 9.17) is 4.74 Å². The number of cyclic esters (lactones) is 1. The van der Waals surface area contributed by atoms with Crippen LogP contribution in [0.25, 0.3) is 0 Å². The number of carbonyl (C=O) groups is 3. The maximum atomic E-state index is 15.1. The number of rotatable bonds is 9. The number of amides is 3. The summed E-state index contributed by atoms with van der Waals surface area (Å²) in [7, 11) is 0. The van der Waals surface area contributed by atoms with Gasteiger partial charge in [-0.3, -0.25) is 14.5 Å². The fourth-order valence-corrected chi connectivity index (χ4v) is 4.77. The van der Waals surface area contributed by atoms with Crippen LogP contribution in [0.5, 0.6) is 0 Å². The Morgan fingerprint density at radius 3 is 2.54 bits per heavy atom. The molecule has 0 saturated carbocycles. The smallest absolute Gasteiger partial charge is 0.414 e. The summed E-state index contributed by atoms with van der Waals surface area (Å²) in [6.07, 6.45) is 0.560. The molecule has 0 bridgehead atoms. The molecule has 216 valence electrons. The van der Waals surface area contributed by atoms with E-state index >= 15 is 4.39 Å². The van der Waals surface area contributed by atoms with Gasteiger partial charge in [-0.05, 0) is 49.2 Å². The van der Waals surface area contributed by atoms with Crippen molar-refractivity contribution in [3.8, 4) is 11.8 Å². The summed E-state index contributed by atoms with van der Waals surface area (Å²) < 4.78 is 20.3. The summed E-state index contributed by atoms with van der Waals surface area (Å²) in [4.78, 5) is 51.7. The number of benzene rings is 2. The first-order valence-electron chi connectivity index (χ1n) is 13.7. The van der Waals surface area contributed by atoms with E-state index in [0.29, 0.717) is 56.8 Å². The van der Waals surface area contributed by atoms with Crippen LogP contribution in [0.15, 0.2) is 47.6 Å². The number of nitrogens with zero attached hydrogens (tertiary/aromatic N) is 4. The minimum absolute atomic E-state index is 0.0586. The van der Waals surface area contributed by atoms with Crippen LogP contribution in [0.2, 0.25) is 0 Å². The molecule has 41 heavy (non-hydrogen) atoms. The van der Waals surface area contributed by atoms with Crippen molar-refractivity contribution in [3.63, 3.8) is 0 Å². The van der Waals surface area contributed by atoms with Crippen LogP contribution in [0.1, 0.15) is 50.3 Å². The normalized spacial score (nSPS) is 17.4. The Hall–Kier alpha value is -4.46. The highest BCUT2D eigenvalue weighted by atomic mass is 19.1. The van der Waals surface area contributed by atoms with Crippen molar-refractivity contribution in [3.05, 3.63) is 64.3 Å². The number of hydrogen-bond donors (Lipinski definition) is 1. The zero-order chi connectivity index (χ0) is 29.4. The summed E-state index contributed by atoms with van der Waals surface area (Å²) >= 11 is 0. The second kappa shape index (κ2) is 13.7. The van der Waals surface area contributed by atoms with Gasteiger partial charge in [-0.15, -0.1) is 0 Å². The van der Waals surface area contributed by atoms with Gasteiger partial charge in [-0.2, -0.15) is 4.91 Å². The lowest BCUT2D eigenvalue weighted by molar-refractivity contribution is -0.131. The molecule has 0 spiro atoms. The molecule has 1 N–H and O–H groups in total. The Balaban J connectivity index is 1.21. The van der Waals surface area contributed by atoms with Crippen LogP contribution in [-0.2, 0) is 14.3 Å². The second-order valence-electron chi connectivity index (χ2n) is 10.1. The number of carbonyl (C=O) groups excluding carboxylic acids is 3. The third-order valence-electron chi connectivity index (χ3n) is 7.15. The molecule has 10 nitrogen and oxygen atoms in total. The minimum atomic E-state index is -0.581. The molecule has 2 atom stereocenters. The lowest BCUT2D eigenvalue weighted by atomic mass is 10.1. The average Bonchev–Trinajstić information content (AvgIpc) is 3.36. The summed E-state index contributed by atoms with van der Waals surface area (Å²) in [6.45, 7) is 5.53. The van der Waals surface area contributed by atoms with Gasteiger partial charge in [0.15, 0.2) is 0 Å². The third-order valence-corrected chi connectivity index (χ3v) is 7.15. The van der Waals surface area contributed by atoms with E-state index in [1.807, 2.05) is 29.2 Å². The molecule has 2 aromatic rings. The molecule has 0 aliphatic carbocycles. The number of anilines is 2. The molecule has 11 heteroatoms. The van der Waals surface area contributed by atoms with Crippen LogP contribution in [0.4, 0.5) is 20.6 Å². The Morgan fingerprint density at radius 2 is 1.88 bits per heavy atom. The predicted molar refractivity (Wildman–Crippen MR) is 153 cm³/mol. The Bertz CT molecular complexity index is 1330. The molecular formula is C30H34FN5O5. The van der Waals surface area contributed by atoms with Crippen LogP contribution in [0.3, 0.4) is 0 Å². The minimum Gasteiger partial charge on any atom is -0.442 e. The largest absolute Gasteiger partial charge is 0.442 e. The molecule has 0 aromatic heterocycles. The Kier molecular flexibility index (Phi) is 9.90. The molecule has 2 aliphatic heterocycles. The summed E-state index contributed by atoms with van der Waals surface area (Å²) in [5.74, 6) is 5.56. The standard InChI is InChI=1S/C30H34FN5O5/c1-21(33-40)24-10-8-23(9-11-24)6-4-3-5-7-29(38)35-16-14-34(15-17-35)28-13-12-25(18-27(28)31)36-20-26(41-30(36)39)19-32-22(2)37/h8-13,18,21,26H,3,5,7,14-17,19-20H2,1-2H3,(H,32,37)/t21?,26-/m0/s1. The highest BCUT2D eigenvalue weighted by Gasteiger charge is 2.33. The fraction of sp³-hybridized carbons (Fsp3) is 0.433. The number of unbranched alkanes of at least 4 members (excludes halogenated alkanes) is 1. The van der Waals surface area contributed by atoms with Crippen LogP contribution in [-0.4, -0.2) is 68.2 Å². The van der Waals surface area contributed by atoms with E-state index in [1.165, 1.54) is 17.9 Å². The quantitative estimate of drug-likeness (QED) is 0.281. The van der Waals surface area contributed by atoms with E-state index in [9.17, 15) is 19.3 Å². The van der Waals surface area contributed by atoms with Crippen molar-refractivity contribution in [2.75, 3.05) is 49.1 Å². The van der Waals surface area contributed by atoms with E-state index in [2.05, 4.69) is 22.3 Å². The molecule has 0 radical (unpaired) electrons. The Morgan fingerprint density at radius 1 is 1.15 bits per heavy atom. The first kappa shape index (κ1) is 29.5. The van der Waals surface area contributed by atoms with E-state index < -0.39 is 18.0 Å². The maximum absolute atomic E-state index is 15.1. The highest BCUT2D eigenvalue weighted by molar-refractivity contribution is 5.90. The zero-order valence-electron chi connectivity index (χ0n) is 23.3. The van der Waals surface area contributed by atoms with E-state index in [-0.39, 0.29) is 30.9 Å². The van der Waals surface area contributed by atoms with E-state index in [1.54, 1.807) is 24.0 Å². The van der Waals surface area contributed by atoms with Gasteiger partial charge in [-0.1, -0.05) is 29.2 Å². The van der Waals surface area contributed by atoms with Crippen molar-refractivity contribution < 1.29 is 23.5 Å². The topological polar surface area (TPSA) is 112 Å². The van der Waals surface area contributed by atoms with Gasteiger partial charge < -0.3 is 19.9 Å². The first-order valence-corrected chi connectivity index (χ1v) is 13.7. The average molecular weight is 564 g/mol. The van der Waals surface area contributed by atoms with Crippen molar-refractivity contribution in [1.82, 2.24) is 10.2 Å². The number of halogens is 1. The van der Waals surface area contributed by atoms with Gasteiger partial charge in [0.25, 0.3) is 0 Å². The maximum Gasteiger partial charge on any atom is 0.414 e. The van der Waals surface area contributed by atoms with E-state index in [0.717, 1.165) is 11.1 Å².